The Morgan fingerprint density at radius 2 is 1.97 bits per heavy atom. The number of nitrogens with zero attached hydrogens (tertiary/aromatic N) is 2. The van der Waals surface area contributed by atoms with Crippen LogP contribution in [0.25, 0.3) is 0 Å². The molecule has 2 N–H and O–H groups in total. The highest BCUT2D eigenvalue weighted by Gasteiger charge is 2.27. The molecule has 2 aromatic carbocycles. The van der Waals surface area contributed by atoms with Crippen molar-refractivity contribution in [2.75, 3.05) is 20.2 Å². The van der Waals surface area contributed by atoms with Gasteiger partial charge < -0.3 is 15.4 Å². The molecule has 2 aromatic rings. The normalized spacial score (nSPS) is 19.6. The van der Waals surface area contributed by atoms with Crippen LogP contribution in [0.2, 0.25) is 0 Å². The van der Waals surface area contributed by atoms with Crippen molar-refractivity contribution in [3.63, 3.8) is 0 Å². The zero-order valence-corrected chi connectivity index (χ0v) is 16.9. The van der Waals surface area contributed by atoms with E-state index in [4.69, 9.17) is 4.74 Å². The minimum absolute atomic E-state index is 0.0603. The van der Waals surface area contributed by atoms with E-state index in [1.807, 2.05) is 0 Å². The topological polar surface area (TPSA) is 88.8 Å². The number of guanidine groups is 1. The fourth-order valence-corrected chi connectivity index (χ4v) is 3.64. The second kappa shape index (κ2) is 10.0. The van der Waals surface area contributed by atoms with Crippen molar-refractivity contribution >= 4 is 11.6 Å². The van der Waals surface area contributed by atoms with Crippen LogP contribution in [0, 0.1) is 23.0 Å². The van der Waals surface area contributed by atoms with Crippen molar-refractivity contribution in [2.45, 2.75) is 32.4 Å². The van der Waals surface area contributed by atoms with Crippen molar-refractivity contribution in [1.82, 2.24) is 10.6 Å². The van der Waals surface area contributed by atoms with E-state index in [-0.39, 0.29) is 16.7 Å². The summed E-state index contributed by atoms with van der Waals surface area (Å²) in [5.74, 6) is 0.951. The maximum absolute atomic E-state index is 11.2. The molecule has 2 unspecified atom stereocenters. The summed E-state index contributed by atoms with van der Waals surface area (Å²) in [6.07, 6.45) is 2.18. The van der Waals surface area contributed by atoms with Crippen LogP contribution in [0.15, 0.2) is 53.5 Å². The zero-order valence-electron chi connectivity index (χ0n) is 16.9. The van der Waals surface area contributed by atoms with Crippen LogP contribution in [0.5, 0.6) is 0 Å². The Bertz CT molecular complexity index is 851. The van der Waals surface area contributed by atoms with Crippen molar-refractivity contribution in [1.29, 1.82) is 0 Å². The molecule has 154 valence electrons. The third-order valence-corrected chi connectivity index (χ3v) is 5.24. The number of benzene rings is 2. The lowest BCUT2D eigenvalue weighted by atomic mass is 9.89. The van der Waals surface area contributed by atoms with E-state index in [2.05, 4.69) is 46.8 Å². The van der Waals surface area contributed by atoms with Crippen LogP contribution in [-0.4, -0.2) is 31.1 Å². The maximum Gasteiger partial charge on any atom is 0.274 e. The molecule has 0 amide bonds. The number of aliphatic imine (C=N–C) groups is 1. The number of rotatable bonds is 6. The molecule has 1 fully saturated rings. The molecule has 1 aliphatic rings. The smallest absolute Gasteiger partial charge is 0.274 e. The van der Waals surface area contributed by atoms with Crippen molar-refractivity contribution in [3.8, 4) is 0 Å². The summed E-state index contributed by atoms with van der Waals surface area (Å²) in [5.41, 5.74) is 3.17. The molecule has 0 spiro atoms. The first-order valence-electron chi connectivity index (χ1n) is 9.93. The fourth-order valence-electron chi connectivity index (χ4n) is 3.64. The first kappa shape index (κ1) is 20.8. The Morgan fingerprint density at radius 3 is 2.69 bits per heavy atom. The van der Waals surface area contributed by atoms with E-state index in [1.165, 1.54) is 17.2 Å². The van der Waals surface area contributed by atoms with Gasteiger partial charge in [0.1, 0.15) is 0 Å². The molecular formula is C22H28N4O3. The number of aryl methyl sites for hydroxylation is 1. The predicted octanol–water partition coefficient (Wildman–Crippen LogP) is 3.74. The van der Waals surface area contributed by atoms with Gasteiger partial charge in [-0.25, -0.2) is 0 Å². The predicted molar refractivity (Wildman–Crippen MR) is 114 cm³/mol. The van der Waals surface area contributed by atoms with Gasteiger partial charge in [0.15, 0.2) is 5.96 Å². The molecule has 3 rings (SSSR count). The first-order chi connectivity index (χ1) is 14.1. The van der Waals surface area contributed by atoms with Gasteiger partial charge in [-0.2, -0.15) is 0 Å². The highest BCUT2D eigenvalue weighted by atomic mass is 16.6. The molecule has 1 heterocycles. The Morgan fingerprint density at radius 1 is 1.21 bits per heavy atom. The Hall–Kier alpha value is -2.93. The van der Waals surface area contributed by atoms with Gasteiger partial charge >= 0.3 is 0 Å². The Labute approximate surface area is 171 Å². The molecule has 1 saturated heterocycles. The molecule has 0 aromatic heterocycles. The van der Waals surface area contributed by atoms with Crippen molar-refractivity contribution in [3.05, 3.63) is 75.3 Å². The minimum atomic E-state index is -0.362. The highest BCUT2D eigenvalue weighted by molar-refractivity contribution is 5.79. The van der Waals surface area contributed by atoms with Gasteiger partial charge in [0.05, 0.1) is 11.0 Å². The third-order valence-electron chi connectivity index (χ3n) is 5.24. The molecule has 29 heavy (non-hydrogen) atoms. The molecule has 0 radical (unpaired) electrons. The van der Waals surface area contributed by atoms with E-state index in [0.29, 0.717) is 24.0 Å². The average molecular weight is 396 g/mol. The lowest BCUT2D eigenvalue weighted by Gasteiger charge is -2.32. The highest BCUT2D eigenvalue weighted by Crippen LogP contribution is 2.33. The molecular weight excluding hydrogens is 368 g/mol. The lowest BCUT2D eigenvalue weighted by molar-refractivity contribution is -0.385. The number of nitro benzene ring substituents is 1. The lowest BCUT2D eigenvalue weighted by Crippen LogP contribution is -2.41. The zero-order chi connectivity index (χ0) is 20.6. The largest absolute Gasteiger partial charge is 0.373 e. The monoisotopic (exact) mass is 396 g/mol. The molecule has 0 saturated carbocycles. The molecule has 0 bridgehead atoms. The summed E-state index contributed by atoms with van der Waals surface area (Å²) in [6.45, 7) is 3.91. The molecule has 0 aliphatic carbocycles. The molecule has 7 heteroatoms. The summed E-state index contributed by atoms with van der Waals surface area (Å²) >= 11 is 0. The second-order valence-electron chi connectivity index (χ2n) is 7.30. The van der Waals surface area contributed by atoms with Crippen molar-refractivity contribution in [2.24, 2.45) is 10.9 Å². The Kier molecular flexibility index (Phi) is 7.19. The molecule has 7 nitrogen and oxygen atoms in total. The number of hydrogen-bond donors (Lipinski definition) is 2. The minimum Gasteiger partial charge on any atom is -0.373 e. The van der Waals surface area contributed by atoms with Crippen LogP contribution in [0.3, 0.4) is 0 Å². The summed E-state index contributed by atoms with van der Waals surface area (Å²) in [4.78, 5) is 15.1. The van der Waals surface area contributed by atoms with Gasteiger partial charge in [-0.15, -0.1) is 0 Å². The second-order valence-corrected chi connectivity index (χ2v) is 7.30. The van der Waals surface area contributed by atoms with Crippen LogP contribution >= 0.6 is 0 Å². The summed E-state index contributed by atoms with van der Waals surface area (Å²) in [7, 11) is 1.70. The van der Waals surface area contributed by atoms with Crippen LogP contribution in [0.1, 0.15) is 35.6 Å². The SMILES string of the molecule is CN=C(NCc1ccccc1[N+](=O)[O-])NCC1CCCOC1c1ccc(C)cc1. The van der Waals surface area contributed by atoms with Crippen LogP contribution in [0.4, 0.5) is 5.69 Å². The number of ether oxygens (including phenoxy) is 1. The summed E-state index contributed by atoms with van der Waals surface area (Å²) in [5, 5.41) is 17.7. The van der Waals surface area contributed by atoms with Crippen LogP contribution in [-0.2, 0) is 11.3 Å². The van der Waals surface area contributed by atoms with E-state index in [9.17, 15) is 10.1 Å². The summed E-state index contributed by atoms with van der Waals surface area (Å²) in [6, 6.07) is 15.2. The van der Waals surface area contributed by atoms with Gasteiger partial charge in [0.2, 0.25) is 0 Å². The number of nitrogens with one attached hydrogen (secondary N) is 2. The quantitative estimate of drug-likeness (QED) is 0.336. The summed E-state index contributed by atoms with van der Waals surface area (Å²) < 4.78 is 6.08. The molecule has 1 aliphatic heterocycles. The van der Waals surface area contributed by atoms with Gasteiger partial charge in [-0.3, -0.25) is 15.1 Å². The van der Waals surface area contributed by atoms with Crippen molar-refractivity contribution < 1.29 is 9.66 Å². The number of nitro groups is 1. The Balaban J connectivity index is 1.59. The van der Waals surface area contributed by atoms with Crippen LogP contribution < -0.4 is 10.6 Å². The average Bonchev–Trinajstić information content (AvgIpc) is 2.75. The maximum atomic E-state index is 11.2. The van der Waals surface area contributed by atoms with Gasteiger partial charge in [0, 0.05) is 44.3 Å². The fraction of sp³-hybridized carbons (Fsp3) is 0.409. The molecule has 2 atom stereocenters. The van der Waals surface area contributed by atoms with E-state index < -0.39 is 0 Å². The van der Waals surface area contributed by atoms with Gasteiger partial charge in [-0.05, 0) is 25.3 Å². The van der Waals surface area contributed by atoms with E-state index in [0.717, 1.165) is 26.0 Å². The standard InChI is InChI=1S/C22H28N4O3/c1-16-9-11-17(12-10-16)21-19(7-5-13-29-21)15-25-22(23-2)24-14-18-6-3-4-8-20(18)26(27)28/h3-4,6,8-12,19,21H,5,7,13-15H2,1-2H3,(H2,23,24,25). The number of para-hydroxylation sites is 1. The number of hydrogen-bond acceptors (Lipinski definition) is 4. The van der Waals surface area contributed by atoms with E-state index in [1.54, 1.807) is 25.2 Å². The van der Waals surface area contributed by atoms with Gasteiger partial charge in [-0.1, -0.05) is 48.0 Å². The van der Waals surface area contributed by atoms with E-state index >= 15 is 0 Å². The third kappa shape index (κ3) is 5.54. The van der Waals surface area contributed by atoms with Gasteiger partial charge in [0.25, 0.3) is 5.69 Å². The first-order valence-corrected chi connectivity index (χ1v) is 9.93.